The van der Waals surface area contributed by atoms with Gasteiger partial charge in [-0.3, -0.25) is 4.79 Å². The van der Waals surface area contributed by atoms with Crippen molar-refractivity contribution in [2.75, 3.05) is 0 Å². The number of carbonyl (C=O) groups is 1. The van der Waals surface area contributed by atoms with E-state index in [0.717, 1.165) is 29.6 Å². The predicted octanol–water partition coefficient (Wildman–Crippen LogP) is 3.55. The molecule has 16 heavy (non-hydrogen) atoms. The summed E-state index contributed by atoms with van der Waals surface area (Å²) < 4.78 is 0. The first kappa shape index (κ1) is 10.6. The molecular formula is C15H14O. The molecule has 0 heterocycles. The molecule has 0 amide bonds. The van der Waals surface area contributed by atoms with Crippen molar-refractivity contribution in [3.8, 4) is 0 Å². The maximum atomic E-state index is 11.5. The van der Waals surface area contributed by atoms with Crippen LogP contribution in [0.25, 0.3) is 6.08 Å². The van der Waals surface area contributed by atoms with E-state index in [1.165, 1.54) is 0 Å². The smallest absolute Gasteiger partial charge is 0.184 e. The zero-order chi connectivity index (χ0) is 11.4. The minimum atomic E-state index is 0.123. The van der Waals surface area contributed by atoms with Gasteiger partial charge in [0.25, 0.3) is 0 Å². The van der Waals surface area contributed by atoms with Crippen LogP contribution in [-0.2, 0) is 4.79 Å². The molecule has 0 N–H and O–H groups in total. The van der Waals surface area contributed by atoms with E-state index in [1.807, 2.05) is 48.6 Å². The van der Waals surface area contributed by atoms with E-state index in [-0.39, 0.29) is 5.78 Å². The van der Waals surface area contributed by atoms with Crippen LogP contribution in [0.1, 0.15) is 18.4 Å². The first-order valence-electron chi connectivity index (χ1n) is 5.42. The zero-order valence-corrected chi connectivity index (χ0v) is 9.15. The number of carbonyl (C=O) groups excluding carboxylic acids is 1. The van der Waals surface area contributed by atoms with Gasteiger partial charge in [0.2, 0.25) is 0 Å². The molecule has 1 aliphatic rings. The van der Waals surface area contributed by atoms with Crippen molar-refractivity contribution in [2.24, 2.45) is 0 Å². The Morgan fingerprint density at radius 1 is 1.12 bits per heavy atom. The van der Waals surface area contributed by atoms with Gasteiger partial charge >= 0.3 is 0 Å². The predicted molar refractivity (Wildman–Crippen MR) is 66.9 cm³/mol. The fourth-order valence-corrected chi connectivity index (χ4v) is 1.74. The average Bonchev–Trinajstić information content (AvgIpc) is 2.62. The molecule has 0 bridgehead atoms. The van der Waals surface area contributed by atoms with Gasteiger partial charge in [-0.05, 0) is 24.0 Å². The second-order valence-electron chi connectivity index (χ2n) is 3.89. The van der Waals surface area contributed by atoms with Crippen LogP contribution in [0.3, 0.4) is 0 Å². The minimum Gasteiger partial charge on any atom is -0.289 e. The largest absolute Gasteiger partial charge is 0.289 e. The van der Waals surface area contributed by atoms with E-state index in [1.54, 1.807) is 0 Å². The van der Waals surface area contributed by atoms with Gasteiger partial charge in [0.05, 0.1) is 0 Å². The average molecular weight is 210 g/mol. The van der Waals surface area contributed by atoms with E-state index < -0.39 is 0 Å². The normalized spacial score (nSPS) is 18.9. The summed E-state index contributed by atoms with van der Waals surface area (Å²) in [7, 11) is 0. The van der Waals surface area contributed by atoms with Crippen LogP contribution >= 0.6 is 0 Å². The molecule has 0 atom stereocenters. The molecule has 1 fully saturated rings. The third kappa shape index (κ3) is 2.37. The van der Waals surface area contributed by atoms with Crippen molar-refractivity contribution in [2.45, 2.75) is 12.8 Å². The second-order valence-corrected chi connectivity index (χ2v) is 3.89. The number of hydrogen-bond donors (Lipinski definition) is 0. The lowest BCUT2D eigenvalue weighted by Gasteiger charge is -1.91. The maximum Gasteiger partial charge on any atom is 0.184 e. The van der Waals surface area contributed by atoms with Crippen molar-refractivity contribution >= 4 is 11.9 Å². The molecule has 1 aromatic carbocycles. The Morgan fingerprint density at radius 3 is 2.50 bits per heavy atom. The first-order chi connectivity index (χ1) is 7.77. The molecule has 0 unspecified atom stereocenters. The third-order valence-corrected chi connectivity index (χ3v) is 2.69. The van der Waals surface area contributed by atoms with Crippen LogP contribution in [0.15, 0.2) is 60.2 Å². The lowest BCUT2D eigenvalue weighted by molar-refractivity contribution is -0.111. The Morgan fingerprint density at radius 2 is 1.88 bits per heavy atom. The number of rotatable bonds is 2. The molecule has 0 aromatic heterocycles. The number of hydrogen-bond acceptors (Lipinski definition) is 1. The summed E-state index contributed by atoms with van der Waals surface area (Å²) in [5, 5.41) is 0. The van der Waals surface area contributed by atoms with Gasteiger partial charge in [0.15, 0.2) is 5.78 Å². The summed E-state index contributed by atoms with van der Waals surface area (Å²) in [4.78, 5) is 11.5. The molecule has 0 saturated heterocycles. The molecule has 0 spiro atoms. The van der Waals surface area contributed by atoms with Gasteiger partial charge in [-0.15, -0.1) is 0 Å². The van der Waals surface area contributed by atoms with Crippen molar-refractivity contribution < 1.29 is 4.79 Å². The van der Waals surface area contributed by atoms with Crippen molar-refractivity contribution in [1.82, 2.24) is 0 Å². The lowest BCUT2D eigenvalue weighted by Crippen LogP contribution is -1.92. The van der Waals surface area contributed by atoms with Crippen LogP contribution in [0.5, 0.6) is 0 Å². The highest BCUT2D eigenvalue weighted by Gasteiger charge is 2.19. The van der Waals surface area contributed by atoms with E-state index in [0.29, 0.717) is 0 Å². The summed E-state index contributed by atoms with van der Waals surface area (Å²) >= 11 is 0. The standard InChI is InChI=1S/C15H14O/c1-12-10-11-14(15(12)16)9-5-8-13-6-3-2-4-7-13/h2-9H,1,10-11H2/b8-5+,14-9?. The molecule has 2 rings (SSSR count). The van der Waals surface area contributed by atoms with Crippen LogP contribution in [0, 0.1) is 0 Å². The summed E-state index contributed by atoms with van der Waals surface area (Å²) in [6.45, 7) is 3.74. The fourth-order valence-electron chi connectivity index (χ4n) is 1.74. The topological polar surface area (TPSA) is 17.1 Å². The van der Waals surface area contributed by atoms with Crippen LogP contribution in [-0.4, -0.2) is 5.78 Å². The fraction of sp³-hybridized carbons (Fsp3) is 0.133. The lowest BCUT2D eigenvalue weighted by atomic mass is 10.1. The van der Waals surface area contributed by atoms with Crippen molar-refractivity contribution in [1.29, 1.82) is 0 Å². The van der Waals surface area contributed by atoms with E-state index in [2.05, 4.69) is 6.58 Å². The van der Waals surface area contributed by atoms with Crippen LogP contribution in [0.2, 0.25) is 0 Å². The zero-order valence-electron chi connectivity index (χ0n) is 9.15. The molecule has 1 aromatic rings. The van der Waals surface area contributed by atoms with Gasteiger partial charge in [0.1, 0.15) is 0 Å². The Bertz CT molecular complexity index is 463. The monoisotopic (exact) mass is 210 g/mol. The highest BCUT2D eigenvalue weighted by atomic mass is 16.1. The quantitative estimate of drug-likeness (QED) is 0.682. The third-order valence-electron chi connectivity index (χ3n) is 2.69. The molecule has 0 aliphatic heterocycles. The number of Topliss-reactive ketones (excluding diaryl/α,β-unsaturated/α-hetero) is 1. The highest BCUT2D eigenvalue weighted by Crippen LogP contribution is 2.24. The minimum absolute atomic E-state index is 0.123. The Labute approximate surface area is 95.8 Å². The number of allylic oxidation sites excluding steroid dienone is 4. The summed E-state index contributed by atoms with van der Waals surface area (Å²) in [5.74, 6) is 0.123. The van der Waals surface area contributed by atoms with E-state index >= 15 is 0 Å². The van der Waals surface area contributed by atoms with Gasteiger partial charge in [-0.2, -0.15) is 0 Å². The summed E-state index contributed by atoms with van der Waals surface area (Å²) in [6.07, 6.45) is 7.47. The van der Waals surface area contributed by atoms with E-state index in [9.17, 15) is 4.79 Å². The van der Waals surface area contributed by atoms with Gasteiger partial charge in [0, 0.05) is 5.57 Å². The van der Waals surface area contributed by atoms with Crippen molar-refractivity contribution in [3.63, 3.8) is 0 Å². The van der Waals surface area contributed by atoms with Crippen LogP contribution in [0.4, 0.5) is 0 Å². The molecule has 1 aliphatic carbocycles. The highest BCUT2D eigenvalue weighted by molar-refractivity contribution is 6.10. The molecule has 80 valence electrons. The van der Waals surface area contributed by atoms with Crippen LogP contribution < -0.4 is 0 Å². The maximum absolute atomic E-state index is 11.5. The molecule has 1 nitrogen and oxygen atoms in total. The molecule has 0 radical (unpaired) electrons. The van der Waals surface area contributed by atoms with Gasteiger partial charge < -0.3 is 0 Å². The number of benzene rings is 1. The van der Waals surface area contributed by atoms with Gasteiger partial charge in [-0.25, -0.2) is 0 Å². The van der Waals surface area contributed by atoms with Gasteiger partial charge in [-0.1, -0.05) is 55.1 Å². The Balaban J connectivity index is 2.07. The number of ketones is 1. The molecule has 1 heteroatoms. The summed E-state index contributed by atoms with van der Waals surface area (Å²) in [6, 6.07) is 10.0. The Hall–Kier alpha value is -1.89. The van der Waals surface area contributed by atoms with Crippen molar-refractivity contribution in [3.05, 3.63) is 65.8 Å². The summed E-state index contributed by atoms with van der Waals surface area (Å²) in [5.41, 5.74) is 2.75. The molecule has 1 saturated carbocycles. The van der Waals surface area contributed by atoms with E-state index in [4.69, 9.17) is 0 Å². The first-order valence-corrected chi connectivity index (χ1v) is 5.42. The second kappa shape index (κ2) is 4.75. The Kier molecular flexibility index (Phi) is 3.16. The SMILES string of the molecule is C=C1CCC(=C/C=C/c2ccccc2)C1=O. The molecular weight excluding hydrogens is 196 g/mol.